The molecule has 0 aliphatic carbocycles. The van der Waals surface area contributed by atoms with Crippen LogP contribution in [-0.2, 0) is 0 Å². The van der Waals surface area contributed by atoms with Crippen LogP contribution >= 0.6 is 0 Å². The third-order valence-corrected chi connectivity index (χ3v) is 0.671. The highest BCUT2D eigenvalue weighted by molar-refractivity contribution is 6.35. The van der Waals surface area contributed by atoms with Crippen LogP contribution in [-0.4, -0.2) is 41.1 Å². The van der Waals surface area contributed by atoms with Crippen LogP contribution in [0.5, 0.6) is 0 Å². The van der Waals surface area contributed by atoms with E-state index in [-0.39, 0.29) is 7.55 Å². The molecule has 1 N–H and O–H groups in total. The van der Waals surface area contributed by atoms with E-state index in [1.807, 2.05) is 0 Å². The first-order chi connectivity index (χ1) is 3.06. The molecule has 0 rings (SSSR count). The topological polar surface area (TPSA) is 12.0 Å². The van der Waals surface area contributed by atoms with Crippen molar-refractivity contribution in [1.29, 1.82) is 0 Å². The predicted octanol–water partition coefficient (Wildman–Crippen LogP) is -2.44. The molecule has 0 aromatic heterocycles. The normalized spacial score (nSPS) is 12.0. The van der Waals surface area contributed by atoms with Crippen LogP contribution < -0.4 is 5.14 Å². The summed E-state index contributed by atoms with van der Waals surface area (Å²) in [6.07, 6.45) is 0. The van der Waals surface area contributed by atoms with Crippen molar-refractivity contribution >= 4 is 15.5 Å². The van der Waals surface area contributed by atoms with Crippen molar-refractivity contribution in [2.75, 3.05) is 21.1 Å². The molecule has 0 aromatic rings. The summed E-state index contributed by atoms with van der Waals surface area (Å²) in [5, 5.41) is 3.45. The van der Waals surface area contributed by atoms with Gasteiger partial charge in [-0.15, -0.1) is 0 Å². The summed E-state index contributed by atoms with van der Waals surface area (Å²) in [5.74, 6) is 0. The molecule has 44 valence electrons. The van der Waals surface area contributed by atoms with Gasteiger partial charge in [0.25, 0.3) is 0 Å². The SMILES string of the molecule is [BH3-]N[BH2-][N+](C)(C)C. The van der Waals surface area contributed by atoms with Crippen molar-refractivity contribution in [2.24, 2.45) is 0 Å². The quantitative estimate of drug-likeness (QED) is 0.381. The molecule has 4 heteroatoms. The lowest BCUT2D eigenvalue weighted by molar-refractivity contribution is -0.756. The van der Waals surface area contributed by atoms with Crippen LogP contribution in [0.3, 0.4) is 0 Å². The molecule has 0 bridgehead atoms. The molecular formula is C3H15B2N2-. The van der Waals surface area contributed by atoms with E-state index in [1.165, 1.54) is 4.39 Å². The predicted molar refractivity (Wildman–Crippen MR) is 39.7 cm³/mol. The van der Waals surface area contributed by atoms with Crippen LogP contribution in [0.1, 0.15) is 0 Å². The van der Waals surface area contributed by atoms with Crippen molar-refractivity contribution in [1.82, 2.24) is 5.14 Å². The molecule has 0 fully saturated rings. The number of rotatable bonds is 2. The van der Waals surface area contributed by atoms with Crippen molar-refractivity contribution in [3.63, 3.8) is 0 Å². The van der Waals surface area contributed by atoms with Gasteiger partial charge in [-0.05, 0) is 7.98 Å². The molecule has 7 heavy (non-hydrogen) atoms. The number of nitrogens with one attached hydrogen (secondary N) is 1. The summed E-state index contributed by atoms with van der Waals surface area (Å²) in [6, 6.07) is 0. The van der Waals surface area contributed by atoms with E-state index in [2.05, 4.69) is 26.3 Å². The van der Waals surface area contributed by atoms with Gasteiger partial charge in [0.1, 0.15) is 0 Å². The third kappa shape index (κ3) is 6.05. The lowest BCUT2D eigenvalue weighted by Gasteiger charge is -2.34. The summed E-state index contributed by atoms with van der Waals surface area (Å²) in [6.45, 7) is 0. The first kappa shape index (κ1) is 7.05. The fourth-order valence-corrected chi connectivity index (χ4v) is 0. The number of hydrogen-bond acceptors (Lipinski definition) is 1. The largest absolute Gasteiger partial charge is 0.627 e. The van der Waals surface area contributed by atoms with E-state index in [1.54, 1.807) is 0 Å². The second-order valence-corrected chi connectivity index (χ2v) is 2.91. The lowest BCUT2D eigenvalue weighted by atomic mass is 10.0. The zero-order chi connectivity index (χ0) is 5.91. The van der Waals surface area contributed by atoms with Gasteiger partial charge in [0.2, 0.25) is 7.55 Å². The fourth-order valence-electron chi connectivity index (χ4n) is 0. The van der Waals surface area contributed by atoms with E-state index >= 15 is 0 Å². The summed E-state index contributed by atoms with van der Waals surface area (Å²) in [7, 11) is 7.38. The molecule has 0 saturated heterocycles. The Morgan fingerprint density at radius 3 is 1.86 bits per heavy atom. The summed E-state index contributed by atoms with van der Waals surface area (Å²) in [5.41, 5.74) is 0. The highest BCUT2D eigenvalue weighted by atomic mass is 15.2. The van der Waals surface area contributed by atoms with E-state index in [4.69, 9.17) is 0 Å². The Labute approximate surface area is 47.2 Å². The van der Waals surface area contributed by atoms with E-state index in [9.17, 15) is 0 Å². The minimum Gasteiger partial charge on any atom is -0.627 e. The molecule has 0 aromatic carbocycles. The van der Waals surface area contributed by atoms with Crippen LogP contribution in [0.25, 0.3) is 0 Å². The molecule has 0 amide bonds. The molecule has 0 atom stereocenters. The summed E-state index contributed by atoms with van der Waals surface area (Å²) < 4.78 is 1.17. The molecular weight excluding hydrogens is 85.7 g/mol. The minimum absolute atomic E-state index is 0.167. The minimum atomic E-state index is 0.167. The summed E-state index contributed by atoms with van der Waals surface area (Å²) in [4.78, 5) is 0. The molecule has 0 aliphatic rings. The molecule has 0 saturated carbocycles. The first-order valence-corrected chi connectivity index (χ1v) is 2.29. The Balaban J connectivity index is 3.15. The maximum absolute atomic E-state index is 3.45. The Kier molecular flexibility index (Phi) is 2.40. The van der Waals surface area contributed by atoms with Gasteiger partial charge in [-0.3, -0.25) is 0 Å². The van der Waals surface area contributed by atoms with Crippen molar-refractivity contribution in [2.45, 2.75) is 0 Å². The van der Waals surface area contributed by atoms with Gasteiger partial charge in [0, 0.05) is 21.1 Å². The zero-order valence-corrected chi connectivity index (χ0v) is 4.95. The zero-order valence-electron chi connectivity index (χ0n) is 4.95. The van der Waals surface area contributed by atoms with Crippen LogP contribution in [0.15, 0.2) is 0 Å². The van der Waals surface area contributed by atoms with Gasteiger partial charge in [0.15, 0.2) is 0 Å². The fraction of sp³-hybridized carbons (Fsp3) is 1.00. The molecule has 0 spiro atoms. The average molecular weight is 101 g/mol. The third-order valence-electron chi connectivity index (χ3n) is 0.671. The van der Waals surface area contributed by atoms with Gasteiger partial charge in [-0.2, -0.15) is 0 Å². The maximum Gasteiger partial charge on any atom is 0.213 e. The average Bonchev–Trinajstić information content (AvgIpc) is 1.30. The smallest absolute Gasteiger partial charge is 0.213 e. The number of nitrogens with zero attached hydrogens (tertiary/aromatic N) is 1. The van der Waals surface area contributed by atoms with Gasteiger partial charge >= 0.3 is 0 Å². The van der Waals surface area contributed by atoms with Crippen molar-refractivity contribution in [3.8, 4) is 0 Å². The molecule has 0 unspecified atom stereocenters. The molecule has 0 radical (unpaired) electrons. The van der Waals surface area contributed by atoms with Crippen molar-refractivity contribution < 1.29 is 4.39 Å². The van der Waals surface area contributed by atoms with Crippen LogP contribution in [0.2, 0.25) is 0 Å². The highest BCUT2D eigenvalue weighted by Crippen LogP contribution is 1.78. The van der Waals surface area contributed by atoms with E-state index in [0.29, 0.717) is 7.98 Å². The molecule has 2 nitrogen and oxygen atoms in total. The van der Waals surface area contributed by atoms with E-state index in [0.717, 1.165) is 0 Å². The summed E-state index contributed by atoms with van der Waals surface area (Å²) >= 11 is 0. The molecule has 0 aliphatic heterocycles. The monoisotopic (exact) mass is 101 g/mol. The standard InChI is InChI=1S/C3H15B2N2/c1-7(2,3)5-6-4/h6H,5H2,1-4H3/q-1. The number of quaternary nitrogens is 1. The first-order valence-electron chi connectivity index (χ1n) is 2.29. The lowest BCUT2D eigenvalue weighted by Crippen LogP contribution is -2.45. The van der Waals surface area contributed by atoms with Gasteiger partial charge in [-0.25, -0.2) is 0 Å². The van der Waals surface area contributed by atoms with Gasteiger partial charge in [0.05, 0.1) is 0 Å². The Hall–Kier alpha value is 0.0499. The molecule has 0 heterocycles. The Morgan fingerprint density at radius 2 is 1.86 bits per heavy atom. The van der Waals surface area contributed by atoms with Gasteiger partial charge < -0.3 is 9.53 Å². The Morgan fingerprint density at radius 1 is 1.43 bits per heavy atom. The second-order valence-electron chi connectivity index (χ2n) is 2.91. The Bertz CT molecular complexity index is 49.4. The van der Waals surface area contributed by atoms with Crippen molar-refractivity contribution in [3.05, 3.63) is 0 Å². The van der Waals surface area contributed by atoms with Gasteiger partial charge in [-0.1, -0.05) is 0 Å². The maximum atomic E-state index is 3.45. The second kappa shape index (κ2) is 2.38. The van der Waals surface area contributed by atoms with Crippen LogP contribution in [0.4, 0.5) is 0 Å². The number of hydrogen-bond donors (Lipinski definition) is 1. The highest BCUT2D eigenvalue weighted by Gasteiger charge is 1.91. The van der Waals surface area contributed by atoms with E-state index < -0.39 is 0 Å². The van der Waals surface area contributed by atoms with Crippen LogP contribution in [0, 0.1) is 0 Å².